The lowest BCUT2D eigenvalue weighted by Gasteiger charge is -2.32. The molecule has 1 aromatic rings. The number of benzene rings is 1. The molecule has 1 saturated heterocycles. The largest absolute Gasteiger partial charge is 0.369 e. The van der Waals surface area contributed by atoms with Gasteiger partial charge in [0.05, 0.1) is 0 Å². The van der Waals surface area contributed by atoms with Crippen LogP contribution in [-0.2, 0) is 0 Å². The smallest absolute Gasteiger partial charge is 0.0426 e. The molecule has 0 unspecified atom stereocenters. The maximum absolute atomic E-state index is 6.12. The van der Waals surface area contributed by atoms with Gasteiger partial charge in [-0.1, -0.05) is 17.7 Å². The molecule has 0 bridgehead atoms. The Morgan fingerprint density at radius 3 is 2.67 bits per heavy atom. The molecule has 2 nitrogen and oxygen atoms in total. The molecule has 1 saturated carbocycles. The average Bonchev–Trinajstić information content (AvgIpc) is 3.07. The lowest BCUT2D eigenvalue weighted by Crippen LogP contribution is -2.46. The number of hydrogen-bond acceptors (Lipinski definition) is 2. The van der Waals surface area contributed by atoms with Crippen molar-refractivity contribution in [3.05, 3.63) is 29.3 Å². The van der Waals surface area contributed by atoms with E-state index in [0.29, 0.717) is 5.41 Å². The molecule has 1 aliphatic heterocycles. The van der Waals surface area contributed by atoms with E-state index < -0.39 is 0 Å². The summed E-state index contributed by atoms with van der Waals surface area (Å²) in [6, 6.07) is 8.24. The zero-order chi connectivity index (χ0) is 12.8. The second-order valence-electron chi connectivity index (χ2n) is 6.57. The Balaban J connectivity index is 1.89. The molecule has 1 heterocycles. The van der Waals surface area contributed by atoms with Gasteiger partial charge in [0.1, 0.15) is 0 Å². The highest BCUT2D eigenvalue weighted by Crippen LogP contribution is 2.47. The minimum atomic E-state index is 0.161. The molecule has 2 aliphatic rings. The molecule has 0 atom stereocenters. The predicted molar refractivity (Wildman–Crippen MR) is 77.4 cm³/mol. The Hall–Kier alpha value is -0.730. The third-order valence-electron chi connectivity index (χ3n) is 4.18. The van der Waals surface area contributed by atoms with Crippen LogP contribution in [0.5, 0.6) is 0 Å². The Labute approximate surface area is 114 Å². The van der Waals surface area contributed by atoms with E-state index in [9.17, 15) is 0 Å². The summed E-state index contributed by atoms with van der Waals surface area (Å²) in [5.74, 6) is 0. The summed E-state index contributed by atoms with van der Waals surface area (Å²) in [6.07, 6.45) is 2.71. The van der Waals surface area contributed by atoms with Crippen molar-refractivity contribution in [2.75, 3.05) is 24.5 Å². The van der Waals surface area contributed by atoms with Crippen LogP contribution in [0.1, 0.15) is 26.7 Å². The van der Waals surface area contributed by atoms with Gasteiger partial charge in [0.15, 0.2) is 0 Å². The third-order valence-corrected chi connectivity index (χ3v) is 4.42. The quantitative estimate of drug-likeness (QED) is 0.837. The summed E-state index contributed by atoms with van der Waals surface area (Å²) in [4.78, 5) is 2.50. The maximum atomic E-state index is 6.12. The van der Waals surface area contributed by atoms with E-state index in [4.69, 9.17) is 11.6 Å². The van der Waals surface area contributed by atoms with Gasteiger partial charge in [-0.15, -0.1) is 0 Å². The summed E-state index contributed by atoms with van der Waals surface area (Å²) in [7, 11) is 0. The molecule has 1 aromatic carbocycles. The minimum absolute atomic E-state index is 0.161. The Bertz CT molecular complexity index is 444. The van der Waals surface area contributed by atoms with Gasteiger partial charge in [0.2, 0.25) is 0 Å². The van der Waals surface area contributed by atoms with E-state index in [2.05, 4.69) is 36.2 Å². The van der Waals surface area contributed by atoms with Crippen LogP contribution in [0.25, 0.3) is 0 Å². The molecule has 3 rings (SSSR count). The van der Waals surface area contributed by atoms with E-state index in [1.165, 1.54) is 18.5 Å². The lowest BCUT2D eigenvalue weighted by atomic mass is 10.1. The maximum Gasteiger partial charge on any atom is 0.0426 e. The van der Waals surface area contributed by atoms with Gasteiger partial charge in [-0.2, -0.15) is 0 Å². The summed E-state index contributed by atoms with van der Waals surface area (Å²) >= 11 is 6.12. The topological polar surface area (TPSA) is 15.3 Å². The standard InChI is InChI=1S/C15H21ClN2/c1-14(2)10-18(11-15(6-7-15)9-17-14)13-5-3-4-12(16)8-13/h3-5,8,17H,6-7,9-11H2,1-2H3. The molecular weight excluding hydrogens is 244 g/mol. The first-order valence-corrected chi connectivity index (χ1v) is 7.12. The normalized spacial score (nSPS) is 24.9. The molecule has 1 spiro atoms. The van der Waals surface area contributed by atoms with Crippen LogP contribution in [0.3, 0.4) is 0 Å². The summed E-state index contributed by atoms with van der Waals surface area (Å²) < 4.78 is 0. The minimum Gasteiger partial charge on any atom is -0.369 e. The van der Waals surface area contributed by atoms with Gasteiger partial charge in [-0.3, -0.25) is 0 Å². The molecule has 18 heavy (non-hydrogen) atoms. The Morgan fingerprint density at radius 1 is 1.22 bits per heavy atom. The van der Waals surface area contributed by atoms with Gasteiger partial charge in [-0.25, -0.2) is 0 Å². The molecule has 3 heteroatoms. The molecule has 98 valence electrons. The van der Waals surface area contributed by atoms with Crippen LogP contribution < -0.4 is 10.2 Å². The average molecular weight is 265 g/mol. The first-order chi connectivity index (χ1) is 8.48. The molecule has 1 N–H and O–H groups in total. The molecule has 0 radical (unpaired) electrons. The SMILES string of the molecule is CC1(C)CN(c2cccc(Cl)c2)CC2(CC2)CN1. The Morgan fingerprint density at radius 2 is 2.00 bits per heavy atom. The second-order valence-corrected chi connectivity index (χ2v) is 7.01. The predicted octanol–water partition coefficient (Wildman–Crippen LogP) is 3.31. The molecule has 2 fully saturated rings. The highest BCUT2D eigenvalue weighted by molar-refractivity contribution is 6.30. The summed E-state index contributed by atoms with van der Waals surface area (Å²) in [6.45, 7) is 7.91. The van der Waals surface area contributed by atoms with E-state index in [0.717, 1.165) is 24.7 Å². The van der Waals surface area contributed by atoms with E-state index in [1.807, 2.05) is 12.1 Å². The fraction of sp³-hybridized carbons (Fsp3) is 0.600. The van der Waals surface area contributed by atoms with Crippen LogP contribution in [0, 0.1) is 5.41 Å². The number of anilines is 1. The van der Waals surface area contributed by atoms with Crippen LogP contribution in [0.15, 0.2) is 24.3 Å². The fourth-order valence-corrected chi connectivity index (χ4v) is 3.03. The zero-order valence-electron chi connectivity index (χ0n) is 11.2. The monoisotopic (exact) mass is 264 g/mol. The number of nitrogens with one attached hydrogen (secondary N) is 1. The number of hydrogen-bond donors (Lipinski definition) is 1. The highest BCUT2D eigenvalue weighted by Gasteiger charge is 2.47. The van der Waals surface area contributed by atoms with Crippen LogP contribution >= 0.6 is 11.6 Å². The Kier molecular flexibility index (Phi) is 2.83. The fourth-order valence-electron chi connectivity index (χ4n) is 2.84. The summed E-state index contributed by atoms with van der Waals surface area (Å²) in [5, 5.41) is 4.54. The van der Waals surface area contributed by atoms with Crippen molar-refractivity contribution in [1.29, 1.82) is 0 Å². The number of nitrogens with zero attached hydrogens (tertiary/aromatic N) is 1. The zero-order valence-corrected chi connectivity index (χ0v) is 11.9. The second kappa shape index (κ2) is 4.14. The van der Waals surface area contributed by atoms with Gasteiger partial charge in [0, 0.05) is 41.3 Å². The van der Waals surface area contributed by atoms with Crippen molar-refractivity contribution in [3.8, 4) is 0 Å². The van der Waals surface area contributed by atoms with Crippen LogP contribution in [0.4, 0.5) is 5.69 Å². The van der Waals surface area contributed by atoms with Crippen molar-refractivity contribution in [3.63, 3.8) is 0 Å². The van der Waals surface area contributed by atoms with Gasteiger partial charge < -0.3 is 10.2 Å². The first kappa shape index (κ1) is 12.3. The van der Waals surface area contributed by atoms with Crippen molar-refractivity contribution < 1.29 is 0 Å². The van der Waals surface area contributed by atoms with E-state index >= 15 is 0 Å². The molecule has 0 aromatic heterocycles. The van der Waals surface area contributed by atoms with Gasteiger partial charge in [-0.05, 0) is 44.9 Å². The lowest BCUT2D eigenvalue weighted by molar-refractivity contribution is 0.389. The van der Waals surface area contributed by atoms with Crippen molar-refractivity contribution in [1.82, 2.24) is 5.32 Å². The van der Waals surface area contributed by atoms with E-state index in [1.54, 1.807) is 0 Å². The summed E-state index contributed by atoms with van der Waals surface area (Å²) in [5.41, 5.74) is 1.93. The van der Waals surface area contributed by atoms with E-state index in [-0.39, 0.29) is 5.54 Å². The number of halogens is 1. The van der Waals surface area contributed by atoms with Crippen LogP contribution in [0.2, 0.25) is 5.02 Å². The first-order valence-electron chi connectivity index (χ1n) is 6.74. The number of rotatable bonds is 1. The highest BCUT2D eigenvalue weighted by atomic mass is 35.5. The van der Waals surface area contributed by atoms with Gasteiger partial charge in [0.25, 0.3) is 0 Å². The third kappa shape index (κ3) is 2.50. The molecule has 1 aliphatic carbocycles. The molecular formula is C15H21ClN2. The van der Waals surface area contributed by atoms with Gasteiger partial charge >= 0.3 is 0 Å². The van der Waals surface area contributed by atoms with Crippen molar-refractivity contribution in [2.24, 2.45) is 5.41 Å². The molecule has 0 amide bonds. The van der Waals surface area contributed by atoms with Crippen molar-refractivity contribution >= 4 is 17.3 Å². The van der Waals surface area contributed by atoms with Crippen LogP contribution in [-0.4, -0.2) is 25.2 Å². The van der Waals surface area contributed by atoms with Crippen molar-refractivity contribution in [2.45, 2.75) is 32.2 Å².